The maximum Gasteiger partial charge on any atom is 0.459 e. The fraction of sp³-hybridized carbons (Fsp3) is 0.455. The number of fused-ring (bicyclic) bond motifs is 1. The smallest absolute Gasteiger partial charge is 0.459 e. The second-order valence-corrected chi connectivity index (χ2v) is 10.6. The van der Waals surface area contributed by atoms with E-state index in [-0.39, 0.29) is 17.3 Å². The van der Waals surface area contributed by atoms with Gasteiger partial charge < -0.3 is 30.2 Å². The third-order valence-corrected chi connectivity index (χ3v) is 8.07. The van der Waals surface area contributed by atoms with Crippen LogP contribution in [-0.2, 0) is 23.4 Å². The average molecular weight is 588 g/mol. The monoisotopic (exact) mass is 587 g/mol. The first kappa shape index (κ1) is 28.9. The molecule has 0 bridgehead atoms. The number of halogens is 2. The Bertz CT molecular complexity index is 1370. The number of carbonyl (C=O) groups is 1. The number of aromatic nitrogens is 4. The van der Waals surface area contributed by atoms with Crippen LogP contribution in [0.3, 0.4) is 0 Å². The molecule has 14 nitrogen and oxygen atoms in total. The highest BCUT2D eigenvalue weighted by Gasteiger charge is 2.57. The number of hydrogen-bond acceptors (Lipinski definition) is 12. The van der Waals surface area contributed by atoms with Crippen LogP contribution in [0.4, 0.5) is 16.2 Å². The highest BCUT2D eigenvalue weighted by atomic mass is 35.5. The van der Waals surface area contributed by atoms with Crippen LogP contribution in [0, 0.1) is 0 Å². The summed E-state index contributed by atoms with van der Waals surface area (Å²) >= 11 is 6.17. The Balaban J connectivity index is 1.62. The van der Waals surface area contributed by atoms with Crippen LogP contribution in [0.15, 0.2) is 36.7 Å². The SMILES string of the molecule is CNc1nc(N)nc2c1ncn2[C@@H]1O[C@](CCl)(CO[P@@](=O)(N[C@@H](C)C(=O)OC)Oc2ccccc2)[C@@H](O)[C@@H]1F. The van der Waals surface area contributed by atoms with Crippen molar-refractivity contribution in [1.82, 2.24) is 24.6 Å². The Kier molecular flexibility index (Phi) is 8.59. The van der Waals surface area contributed by atoms with Crippen LogP contribution in [0.5, 0.6) is 5.75 Å². The first-order chi connectivity index (χ1) is 18.6. The highest BCUT2D eigenvalue weighted by Crippen LogP contribution is 2.49. The van der Waals surface area contributed by atoms with Crippen molar-refractivity contribution in [3.05, 3.63) is 36.7 Å². The molecule has 39 heavy (non-hydrogen) atoms. The van der Waals surface area contributed by atoms with E-state index < -0.39 is 56.3 Å². The van der Waals surface area contributed by atoms with Crippen molar-refractivity contribution in [3.8, 4) is 5.75 Å². The Morgan fingerprint density at radius 3 is 2.74 bits per heavy atom. The lowest BCUT2D eigenvalue weighted by Crippen LogP contribution is -2.48. The van der Waals surface area contributed by atoms with Crippen LogP contribution < -0.4 is 20.7 Å². The number of aliphatic hydroxyl groups is 1. The number of benzene rings is 1. The summed E-state index contributed by atoms with van der Waals surface area (Å²) in [4.78, 5) is 24.4. The Labute approximate surface area is 227 Å². The number of aliphatic hydroxyl groups excluding tert-OH is 1. The number of rotatable bonds is 11. The number of nitrogens with one attached hydrogen (secondary N) is 2. The summed E-state index contributed by atoms with van der Waals surface area (Å²) in [5.41, 5.74) is 4.33. The molecule has 5 N–H and O–H groups in total. The second-order valence-electron chi connectivity index (χ2n) is 8.65. The molecule has 1 aromatic carbocycles. The molecule has 1 saturated heterocycles. The lowest BCUT2D eigenvalue weighted by molar-refractivity contribution is -0.142. The number of nitrogens with two attached hydrogens (primary N) is 1. The number of nitrogens with zero attached hydrogens (tertiary/aromatic N) is 4. The lowest BCUT2D eigenvalue weighted by Gasteiger charge is -2.31. The predicted molar refractivity (Wildman–Crippen MR) is 139 cm³/mol. The first-order valence-electron chi connectivity index (χ1n) is 11.6. The number of anilines is 2. The van der Waals surface area contributed by atoms with E-state index in [1.165, 1.54) is 30.0 Å². The molecule has 0 amide bonds. The summed E-state index contributed by atoms with van der Waals surface area (Å²) in [5, 5.41) is 16.2. The topological polar surface area (TPSA) is 185 Å². The summed E-state index contributed by atoms with van der Waals surface area (Å²) in [7, 11) is -1.58. The van der Waals surface area contributed by atoms with Gasteiger partial charge in [0, 0.05) is 7.05 Å². The van der Waals surface area contributed by atoms with Gasteiger partial charge in [-0.3, -0.25) is 13.9 Å². The number of esters is 1. The standard InChI is InChI=1S/C22H28ClFN7O7P/c1-12(20(33)35-3)30-39(34,38-13-7-5-4-6-8-13)36-10-22(9-23)16(32)14(24)19(37-22)31-11-27-15-17(26-2)28-21(25)29-18(15)31/h4-8,11-12,14,16,19,32H,9-10H2,1-3H3,(H,30,34)(H3,25,26,28,29)/t12-,14-,16-,19+,22+,39-/m0/s1. The first-order valence-corrected chi connectivity index (χ1v) is 13.7. The molecule has 0 saturated carbocycles. The van der Waals surface area contributed by atoms with Gasteiger partial charge in [-0.2, -0.15) is 15.1 Å². The van der Waals surface area contributed by atoms with E-state index >= 15 is 4.39 Å². The minimum atomic E-state index is -4.34. The van der Waals surface area contributed by atoms with E-state index in [0.717, 1.165) is 7.11 Å². The average Bonchev–Trinajstić information content (AvgIpc) is 3.45. The van der Waals surface area contributed by atoms with Gasteiger partial charge in [-0.05, 0) is 19.1 Å². The normalized spacial score (nSPS) is 25.2. The summed E-state index contributed by atoms with van der Waals surface area (Å²) in [6.07, 6.45) is -4.06. The van der Waals surface area contributed by atoms with Gasteiger partial charge in [0.25, 0.3) is 0 Å². The summed E-state index contributed by atoms with van der Waals surface area (Å²) in [6.45, 7) is 0.699. The summed E-state index contributed by atoms with van der Waals surface area (Å²) < 4.78 is 52.3. The fourth-order valence-corrected chi connectivity index (χ4v) is 5.81. The Hall–Kier alpha value is -3.07. The molecule has 0 radical (unpaired) electrons. The van der Waals surface area contributed by atoms with Crippen molar-refractivity contribution in [1.29, 1.82) is 0 Å². The highest BCUT2D eigenvalue weighted by molar-refractivity contribution is 7.52. The van der Waals surface area contributed by atoms with E-state index in [9.17, 15) is 14.5 Å². The van der Waals surface area contributed by atoms with Crippen molar-refractivity contribution in [2.24, 2.45) is 0 Å². The lowest BCUT2D eigenvalue weighted by atomic mass is 9.99. The number of para-hydroxylation sites is 1. The summed E-state index contributed by atoms with van der Waals surface area (Å²) in [5.74, 6) is -0.838. The van der Waals surface area contributed by atoms with Gasteiger partial charge in [-0.25, -0.2) is 13.9 Å². The third-order valence-electron chi connectivity index (χ3n) is 6.00. The molecule has 3 aromatic rings. The Morgan fingerprint density at radius 2 is 2.10 bits per heavy atom. The number of hydrogen-bond donors (Lipinski definition) is 4. The number of methoxy groups -OCH3 is 1. The zero-order valence-electron chi connectivity index (χ0n) is 21.2. The van der Waals surface area contributed by atoms with Gasteiger partial charge in [0.1, 0.15) is 23.5 Å². The van der Waals surface area contributed by atoms with Gasteiger partial charge >= 0.3 is 13.7 Å². The molecule has 4 rings (SSSR count). The van der Waals surface area contributed by atoms with Crippen molar-refractivity contribution in [3.63, 3.8) is 0 Å². The molecule has 0 aliphatic carbocycles. The van der Waals surface area contributed by atoms with Crippen molar-refractivity contribution in [2.75, 3.05) is 37.7 Å². The molecule has 0 unspecified atom stereocenters. The molecular formula is C22H28ClFN7O7P. The minimum absolute atomic E-state index is 0.0979. The number of imidazole rings is 1. The van der Waals surface area contributed by atoms with Crippen molar-refractivity contribution >= 4 is 48.2 Å². The molecule has 6 atom stereocenters. The molecule has 0 spiro atoms. The van der Waals surface area contributed by atoms with Gasteiger partial charge in [-0.15, -0.1) is 11.6 Å². The Morgan fingerprint density at radius 1 is 1.38 bits per heavy atom. The van der Waals surface area contributed by atoms with Crippen LogP contribution in [-0.4, -0.2) is 81.2 Å². The minimum Gasteiger partial charge on any atom is -0.468 e. The van der Waals surface area contributed by atoms with Crippen LogP contribution in [0.25, 0.3) is 11.2 Å². The molecule has 2 aromatic heterocycles. The van der Waals surface area contributed by atoms with Crippen molar-refractivity contribution in [2.45, 2.75) is 37.1 Å². The van der Waals surface area contributed by atoms with Crippen molar-refractivity contribution < 1.29 is 37.4 Å². The molecule has 1 aliphatic heterocycles. The largest absolute Gasteiger partial charge is 0.468 e. The fourth-order valence-electron chi connectivity index (χ4n) is 3.96. The van der Waals surface area contributed by atoms with Gasteiger partial charge in [-0.1, -0.05) is 18.2 Å². The number of carbonyl (C=O) groups excluding carboxylic acids is 1. The maximum atomic E-state index is 15.6. The summed E-state index contributed by atoms with van der Waals surface area (Å²) in [6, 6.07) is 6.91. The van der Waals surface area contributed by atoms with Crippen LogP contribution in [0.2, 0.25) is 0 Å². The molecule has 17 heteroatoms. The number of nitrogen functional groups attached to an aromatic ring is 1. The van der Waals surface area contributed by atoms with E-state index in [4.69, 9.17) is 31.1 Å². The zero-order chi connectivity index (χ0) is 28.4. The maximum absolute atomic E-state index is 15.6. The van der Waals surface area contributed by atoms with Crippen LogP contribution >= 0.6 is 19.3 Å². The van der Waals surface area contributed by atoms with E-state index in [1.807, 2.05) is 0 Å². The molecule has 3 heterocycles. The molecule has 1 fully saturated rings. The van der Waals surface area contributed by atoms with Crippen LogP contribution in [0.1, 0.15) is 13.2 Å². The number of alkyl halides is 2. The zero-order valence-corrected chi connectivity index (χ0v) is 22.8. The molecular weight excluding hydrogens is 560 g/mol. The second kappa shape index (κ2) is 11.6. The van der Waals surface area contributed by atoms with E-state index in [0.29, 0.717) is 11.3 Å². The predicted octanol–water partition coefficient (Wildman–Crippen LogP) is 2.01. The molecule has 212 valence electrons. The van der Waals surface area contributed by atoms with Gasteiger partial charge in [0.15, 0.2) is 29.4 Å². The number of ether oxygens (including phenoxy) is 2. The van der Waals surface area contributed by atoms with Gasteiger partial charge in [0.05, 0.1) is 25.9 Å². The van der Waals surface area contributed by atoms with Gasteiger partial charge in [0.2, 0.25) is 5.95 Å². The van der Waals surface area contributed by atoms with E-state index in [1.54, 1.807) is 25.2 Å². The van der Waals surface area contributed by atoms with E-state index in [2.05, 4.69) is 30.1 Å². The third kappa shape index (κ3) is 5.78. The quantitative estimate of drug-likeness (QED) is 0.145. The molecule has 1 aliphatic rings.